The molecule has 37 heavy (non-hydrogen) atoms. The third kappa shape index (κ3) is 7.63. The minimum absolute atomic E-state index is 0.0592. The zero-order chi connectivity index (χ0) is 26.6. The lowest BCUT2D eigenvalue weighted by molar-refractivity contribution is 0.458. The van der Waals surface area contributed by atoms with Crippen molar-refractivity contribution in [1.29, 1.82) is 0 Å². The molecule has 3 aromatic carbocycles. The molecule has 0 saturated heterocycles. The average Bonchev–Trinajstić information content (AvgIpc) is 2.92. The van der Waals surface area contributed by atoms with Crippen molar-refractivity contribution in [1.82, 2.24) is 0 Å². The van der Waals surface area contributed by atoms with E-state index in [1.54, 1.807) is 0 Å². The van der Waals surface area contributed by atoms with Crippen LogP contribution in [0.15, 0.2) is 54.6 Å². The van der Waals surface area contributed by atoms with E-state index < -0.39 is 0 Å². The Bertz CT molecular complexity index is 972. The molecule has 2 heteroatoms. The number of rotatable bonds is 15. The van der Waals surface area contributed by atoms with Gasteiger partial charge in [-0.15, -0.1) is 0 Å². The lowest BCUT2D eigenvalue weighted by atomic mass is 9.81. The van der Waals surface area contributed by atoms with Crippen LogP contribution in [0.4, 0.5) is 0 Å². The highest BCUT2D eigenvalue weighted by Crippen LogP contribution is 2.40. The lowest BCUT2D eigenvalue weighted by Crippen LogP contribution is -2.08. The van der Waals surface area contributed by atoms with Crippen molar-refractivity contribution in [2.45, 2.75) is 111 Å². The summed E-state index contributed by atoms with van der Waals surface area (Å²) in [6.45, 7) is 8.82. The van der Waals surface area contributed by atoms with Crippen molar-refractivity contribution in [3.8, 4) is 11.5 Å². The molecule has 0 amide bonds. The molecule has 2 nitrogen and oxygen atoms in total. The highest BCUT2D eigenvalue weighted by atomic mass is 16.3. The molecule has 0 saturated carbocycles. The summed E-state index contributed by atoms with van der Waals surface area (Å²) in [4.78, 5) is 0. The van der Waals surface area contributed by atoms with E-state index in [0.717, 1.165) is 99.3 Å². The average molecular weight is 501 g/mol. The number of aryl methyl sites for hydroxylation is 4. The van der Waals surface area contributed by atoms with Crippen LogP contribution < -0.4 is 0 Å². The van der Waals surface area contributed by atoms with Gasteiger partial charge in [0.15, 0.2) is 0 Å². The van der Waals surface area contributed by atoms with Gasteiger partial charge in [0, 0.05) is 5.92 Å². The van der Waals surface area contributed by atoms with E-state index in [0.29, 0.717) is 11.5 Å². The predicted octanol–water partition coefficient (Wildman–Crippen LogP) is 9.65. The van der Waals surface area contributed by atoms with Gasteiger partial charge in [0.25, 0.3) is 0 Å². The monoisotopic (exact) mass is 500 g/mol. The van der Waals surface area contributed by atoms with Gasteiger partial charge in [-0.05, 0) is 90.3 Å². The first kappa shape index (κ1) is 28.8. The third-order valence-electron chi connectivity index (χ3n) is 7.58. The molecule has 0 heterocycles. The minimum atomic E-state index is 0.0592. The summed E-state index contributed by atoms with van der Waals surface area (Å²) in [6.07, 6.45) is 12.3. The SMILES string of the molecule is CCCCc1cc(C(c2ccccc2)c2cc(CCCC)c(O)c(CCCC)c2)cc(CCCC)c1O. The number of unbranched alkanes of at least 4 members (excludes halogenated alkanes) is 4. The number of hydrogen-bond donors (Lipinski definition) is 2. The number of hydrogen-bond acceptors (Lipinski definition) is 2. The topological polar surface area (TPSA) is 40.5 Å². The van der Waals surface area contributed by atoms with Crippen molar-refractivity contribution in [3.05, 3.63) is 93.5 Å². The van der Waals surface area contributed by atoms with Crippen molar-refractivity contribution >= 4 is 0 Å². The summed E-state index contributed by atoms with van der Waals surface area (Å²) in [5.74, 6) is 1.05. The Labute approximate surface area is 225 Å². The number of phenolic OH excluding ortho intramolecular Hbond substituents is 2. The Kier molecular flexibility index (Phi) is 11.6. The van der Waals surface area contributed by atoms with Crippen molar-refractivity contribution in [2.75, 3.05) is 0 Å². The molecule has 2 N–H and O–H groups in total. The molecular weight excluding hydrogens is 452 g/mol. The largest absolute Gasteiger partial charge is 0.507 e. The fourth-order valence-corrected chi connectivity index (χ4v) is 5.36. The van der Waals surface area contributed by atoms with Crippen LogP contribution in [0.3, 0.4) is 0 Å². The van der Waals surface area contributed by atoms with Crippen LogP contribution in [0, 0.1) is 0 Å². The van der Waals surface area contributed by atoms with Crippen LogP contribution in [0.1, 0.15) is 124 Å². The smallest absolute Gasteiger partial charge is 0.121 e. The quantitative estimate of drug-likeness (QED) is 0.204. The van der Waals surface area contributed by atoms with E-state index in [4.69, 9.17) is 0 Å². The fourth-order valence-electron chi connectivity index (χ4n) is 5.36. The van der Waals surface area contributed by atoms with Crippen molar-refractivity contribution in [2.24, 2.45) is 0 Å². The Balaban J connectivity index is 2.23. The van der Waals surface area contributed by atoms with Gasteiger partial charge in [-0.25, -0.2) is 0 Å². The first-order valence-electron chi connectivity index (χ1n) is 14.8. The van der Waals surface area contributed by atoms with Crippen LogP contribution in [0.5, 0.6) is 11.5 Å². The highest BCUT2D eigenvalue weighted by molar-refractivity contribution is 5.54. The molecular formula is C35H48O2. The fraction of sp³-hybridized carbons (Fsp3) is 0.486. The molecule has 3 aromatic rings. The van der Waals surface area contributed by atoms with Crippen LogP contribution in [-0.4, -0.2) is 10.2 Å². The molecule has 0 aliphatic heterocycles. The van der Waals surface area contributed by atoms with E-state index in [1.165, 1.54) is 16.7 Å². The zero-order valence-corrected chi connectivity index (χ0v) is 23.7. The summed E-state index contributed by atoms with van der Waals surface area (Å²) in [5.41, 5.74) is 8.03. The molecule has 0 unspecified atom stereocenters. The standard InChI is InChI=1S/C35H48O2/c1-5-9-16-27-22-31(23-28(34(27)36)17-10-6-2)33(26-20-14-13-15-21-26)32-24-29(18-11-7-3)35(37)30(25-32)19-12-8-4/h13-15,20-25,33,36-37H,5-12,16-19H2,1-4H3. The second-order valence-corrected chi connectivity index (χ2v) is 10.6. The van der Waals surface area contributed by atoms with Crippen LogP contribution in [-0.2, 0) is 25.7 Å². The number of aromatic hydroxyl groups is 2. The van der Waals surface area contributed by atoms with Crippen LogP contribution in [0.25, 0.3) is 0 Å². The Morgan fingerprint density at radius 3 is 1.11 bits per heavy atom. The molecule has 3 rings (SSSR count). The summed E-state index contributed by atoms with van der Waals surface area (Å²) in [5, 5.41) is 22.4. The molecule has 0 atom stereocenters. The maximum Gasteiger partial charge on any atom is 0.121 e. The maximum absolute atomic E-state index is 11.2. The van der Waals surface area contributed by atoms with E-state index in [1.807, 2.05) is 0 Å². The normalized spacial score (nSPS) is 11.4. The van der Waals surface area contributed by atoms with Crippen LogP contribution >= 0.6 is 0 Å². The van der Waals surface area contributed by atoms with Gasteiger partial charge in [-0.2, -0.15) is 0 Å². The second kappa shape index (κ2) is 14.9. The maximum atomic E-state index is 11.2. The second-order valence-electron chi connectivity index (χ2n) is 10.6. The van der Waals surface area contributed by atoms with E-state index in [-0.39, 0.29) is 5.92 Å². The van der Waals surface area contributed by atoms with Gasteiger partial charge in [0.05, 0.1) is 0 Å². The molecule has 0 bridgehead atoms. The number of phenols is 2. The lowest BCUT2D eigenvalue weighted by Gasteiger charge is -2.24. The van der Waals surface area contributed by atoms with Gasteiger partial charge in [-0.3, -0.25) is 0 Å². The van der Waals surface area contributed by atoms with Crippen molar-refractivity contribution in [3.63, 3.8) is 0 Å². The Morgan fingerprint density at radius 1 is 0.486 bits per heavy atom. The molecule has 0 aromatic heterocycles. The molecule has 200 valence electrons. The van der Waals surface area contributed by atoms with Gasteiger partial charge in [0.2, 0.25) is 0 Å². The summed E-state index contributed by atoms with van der Waals surface area (Å²) < 4.78 is 0. The molecule has 0 spiro atoms. The van der Waals surface area contributed by atoms with Crippen LogP contribution in [0.2, 0.25) is 0 Å². The zero-order valence-electron chi connectivity index (χ0n) is 23.7. The summed E-state index contributed by atoms with van der Waals surface area (Å²) in [6, 6.07) is 19.8. The van der Waals surface area contributed by atoms with E-state index >= 15 is 0 Å². The third-order valence-corrected chi connectivity index (χ3v) is 7.58. The summed E-state index contributed by atoms with van der Waals surface area (Å²) in [7, 11) is 0. The first-order chi connectivity index (χ1) is 18.0. The van der Waals surface area contributed by atoms with Gasteiger partial charge in [0.1, 0.15) is 11.5 Å². The van der Waals surface area contributed by atoms with Gasteiger partial charge >= 0.3 is 0 Å². The number of benzene rings is 3. The Morgan fingerprint density at radius 2 is 0.811 bits per heavy atom. The highest BCUT2D eigenvalue weighted by Gasteiger charge is 2.23. The predicted molar refractivity (Wildman–Crippen MR) is 158 cm³/mol. The van der Waals surface area contributed by atoms with Crippen molar-refractivity contribution < 1.29 is 10.2 Å². The van der Waals surface area contributed by atoms with E-state index in [9.17, 15) is 10.2 Å². The molecule has 0 fully saturated rings. The molecule has 0 aliphatic carbocycles. The van der Waals surface area contributed by atoms with Gasteiger partial charge < -0.3 is 10.2 Å². The minimum Gasteiger partial charge on any atom is -0.507 e. The first-order valence-corrected chi connectivity index (χ1v) is 14.8. The Hall–Kier alpha value is -2.74. The molecule has 0 aliphatic rings. The molecule has 0 radical (unpaired) electrons. The van der Waals surface area contributed by atoms with E-state index in [2.05, 4.69) is 82.3 Å². The van der Waals surface area contributed by atoms with Gasteiger partial charge in [-0.1, -0.05) is 108 Å². The summed E-state index contributed by atoms with van der Waals surface area (Å²) >= 11 is 0.